The molecule has 1 N–H and O–H groups in total. The van der Waals surface area contributed by atoms with Crippen molar-refractivity contribution in [3.05, 3.63) is 174 Å². The van der Waals surface area contributed by atoms with Crippen LogP contribution in [0.3, 0.4) is 0 Å². The Bertz CT molecular complexity index is 1620. The van der Waals surface area contributed by atoms with Gasteiger partial charge in [0.2, 0.25) is 0 Å². The Morgan fingerprint density at radius 3 is 1.11 bits per heavy atom. The van der Waals surface area contributed by atoms with Crippen LogP contribution in [0.25, 0.3) is 0 Å². The van der Waals surface area contributed by atoms with Crippen molar-refractivity contribution in [2.24, 2.45) is 0 Å². The molecule has 0 radical (unpaired) electrons. The monoisotopic (exact) mass is 592 g/mol. The van der Waals surface area contributed by atoms with Gasteiger partial charge in [-0.15, -0.1) is 0 Å². The van der Waals surface area contributed by atoms with E-state index >= 15 is 0 Å². The van der Waals surface area contributed by atoms with Crippen molar-refractivity contribution in [1.29, 1.82) is 0 Å². The van der Waals surface area contributed by atoms with Gasteiger partial charge >= 0.3 is 0 Å². The van der Waals surface area contributed by atoms with Crippen molar-refractivity contribution in [3.8, 4) is 5.75 Å². The number of aliphatic hydroxyl groups is 1. The molecule has 5 heteroatoms. The quantitative estimate of drug-likeness (QED) is 0.153. The summed E-state index contributed by atoms with van der Waals surface area (Å²) in [6.07, 6.45) is 0. The molecule has 6 aromatic carbocycles. The molecule has 0 atom stereocenters. The number of methoxy groups -OCH3 is 1. The van der Waals surface area contributed by atoms with Crippen LogP contribution in [0.5, 0.6) is 5.75 Å². The second-order valence-electron chi connectivity index (χ2n) is 10.7. The van der Waals surface area contributed by atoms with Gasteiger partial charge in [0.25, 0.3) is 0 Å². The number of hydrogen-bond acceptors (Lipinski definition) is 5. The first kappa shape index (κ1) is 29.7. The molecule has 0 saturated heterocycles. The van der Waals surface area contributed by atoms with Crippen LogP contribution in [-0.4, -0.2) is 12.2 Å². The molecule has 0 unspecified atom stereocenters. The molecule has 0 bridgehead atoms. The van der Waals surface area contributed by atoms with Crippen LogP contribution in [0.1, 0.15) is 16.7 Å². The third kappa shape index (κ3) is 7.24. The topological polar surface area (TPSA) is 45.2 Å². The van der Waals surface area contributed by atoms with Crippen molar-refractivity contribution in [2.45, 2.75) is 19.8 Å². The highest BCUT2D eigenvalue weighted by atomic mass is 16.5. The van der Waals surface area contributed by atoms with E-state index in [1.807, 2.05) is 60.7 Å². The highest BCUT2D eigenvalue weighted by molar-refractivity contribution is 5.77. The van der Waals surface area contributed by atoms with Crippen molar-refractivity contribution < 1.29 is 14.6 Å². The summed E-state index contributed by atoms with van der Waals surface area (Å²) >= 11 is 0. The summed E-state index contributed by atoms with van der Waals surface area (Å²) in [6.45, 7) is 1.06. The highest BCUT2D eigenvalue weighted by Gasteiger charge is 2.14. The fourth-order valence-electron chi connectivity index (χ4n) is 5.30. The lowest BCUT2D eigenvalue weighted by molar-refractivity contribution is 0.107. The number of nitrogens with zero attached hydrogens (tertiary/aromatic N) is 2. The van der Waals surface area contributed by atoms with Crippen molar-refractivity contribution in [1.82, 2.24) is 0 Å². The van der Waals surface area contributed by atoms with Crippen molar-refractivity contribution >= 4 is 34.1 Å². The lowest BCUT2D eigenvalue weighted by Gasteiger charge is -2.26. The van der Waals surface area contributed by atoms with Gasteiger partial charge in [-0.3, -0.25) is 0 Å². The summed E-state index contributed by atoms with van der Waals surface area (Å²) in [7, 11) is 1.68. The van der Waals surface area contributed by atoms with Crippen LogP contribution in [0.15, 0.2) is 158 Å². The Morgan fingerprint density at radius 2 is 0.756 bits per heavy atom. The lowest BCUT2D eigenvalue weighted by Crippen LogP contribution is -2.10. The molecule has 5 nitrogen and oxygen atoms in total. The van der Waals surface area contributed by atoms with E-state index in [2.05, 4.69) is 107 Å². The summed E-state index contributed by atoms with van der Waals surface area (Å²) in [6, 6.07) is 53.7. The predicted molar refractivity (Wildman–Crippen MR) is 183 cm³/mol. The second kappa shape index (κ2) is 14.4. The normalized spacial score (nSPS) is 10.8. The maximum Gasteiger partial charge on any atom is 0.119 e. The first-order chi connectivity index (χ1) is 22.2. The van der Waals surface area contributed by atoms with E-state index in [4.69, 9.17) is 9.47 Å². The zero-order valence-corrected chi connectivity index (χ0v) is 25.3. The zero-order valence-electron chi connectivity index (χ0n) is 25.3. The standard InChI is InChI=1S/C40H36N2O3/c1-44-40-26-24-39(25-27-40)42(35-10-6-3-7-11-35)38-22-16-33(17-23-38)30-45-29-32-14-20-37(21-15-32)41(34-8-4-2-5-9-34)36-18-12-31(28-43)13-19-36/h2-27,43H,28-30H2,1H3. The molecule has 0 saturated carbocycles. The lowest BCUT2D eigenvalue weighted by atomic mass is 10.1. The molecule has 0 aliphatic carbocycles. The van der Waals surface area contributed by atoms with Gasteiger partial charge in [-0.25, -0.2) is 0 Å². The van der Waals surface area contributed by atoms with Gasteiger partial charge in [-0.2, -0.15) is 0 Å². The molecule has 6 rings (SSSR count). The summed E-state index contributed by atoms with van der Waals surface area (Å²) in [5.41, 5.74) is 9.47. The molecule has 0 aliphatic rings. The Hall–Kier alpha value is -5.36. The average molecular weight is 593 g/mol. The maximum atomic E-state index is 9.48. The van der Waals surface area contributed by atoms with E-state index in [9.17, 15) is 5.11 Å². The van der Waals surface area contributed by atoms with Gasteiger partial charge in [0, 0.05) is 34.1 Å². The van der Waals surface area contributed by atoms with Gasteiger partial charge in [-0.05, 0) is 102 Å². The molecule has 0 spiro atoms. The molecular weight excluding hydrogens is 556 g/mol. The van der Waals surface area contributed by atoms with Gasteiger partial charge in [0.15, 0.2) is 0 Å². The van der Waals surface area contributed by atoms with Gasteiger partial charge in [0.1, 0.15) is 5.75 Å². The summed E-state index contributed by atoms with van der Waals surface area (Å²) in [5, 5.41) is 9.48. The minimum Gasteiger partial charge on any atom is -0.497 e. The van der Waals surface area contributed by atoms with Crippen LogP contribution < -0.4 is 14.5 Å². The van der Waals surface area contributed by atoms with Crippen molar-refractivity contribution in [2.75, 3.05) is 16.9 Å². The Kier molecular flexibility index (Phi) is 9.51. The molecule has 45 heavy (non-hydrogen) atoms. The summed E-state index contributed by atoms with van der Waals surface area (Å²) < 4.78 is 11.5. The fourth-order valence-corrected chi connectivity index (χ4v) is 5.30. The van der Waals surface area contributed by atoms with Crippen LogP contribution in [0.4, 0.5) is 34.1 Å². The minimum atomic E-state index is 0.0281. The molecule has 0 amide bonds. The first-order valence-corrected chi connectivity index (χ1v) is 15.0. The van der Waals surface area contributed by atoms with Gasteiger partial charge in [0.05, 0.1) is 26.9 Å². The largest absolute Gasteiger partial charge is 0.497 e. The van der Waals surface area contributed by atoms with Crippen LogP contribution in [0.2, 0.25) is 0 Å². The van der Waals surface area contributed by atoms with Crippen LogP contribution in [-0.2, 0) is 24.6 Å². The molecule has 6 aromatic rings. The Labute approximate surface area is 265 Å². The van der Waals surface area contributed by atoms with Crippen LogP contribution >= 0.6 is 0 Å². The van der Waals surface area contributed by atoms with E-state index in [-0.39, 0.29) is 6.61 Å². The number of anilines is 6. The van der Waals surface area contributed by atoms with Gasteiger partial charge in [-0.1, -0.05) is 72.8 Å². The van der Waals surface area contributed by atoms with E-state index in [0.717, 1.165) is 56.6 Å². The number of aliphatic hydroxyl groups excluding tert-OH is 1. The average Bonchev–Trinajstić information content (AvgIpc) is 3.11. The van der Waals surface area contributed by atoms with Gasteiger partial charge < -0.3 is 24.4 Å². The Morgan fingerprint density at radius 1 is 0.422 bits per heavy atom. The molecule has 224 valence electrons. The van der Waals surface area contributed by atoms with E-state index in [1.165, 1.54) is 0 Å². The zero-order chi connectivity index (χ0) is 30.8. The first-order valence-electron chi connectivity index (χ1n) is 15.0. The predicted octanol–water partition coefficient (Wildman–Crippen LogP) is 9.84. The number of benzene rings is 6. The molecule has 0 aliphatic heterocycles. The fraction of sp³-hybridized carbons (Fsp3) is 0.100. The van der Waals surface area contributed by atoms with Crippen molar-refractivity contribution in [3.63, 3.8) is 0 Å². The van der Waals surface area contributed by atoms with E-state index < -0.39 is 0 Å². The number of para-hydroxylation sites is 2. The molecule has 0 aromatic heterocycles. The molecule has 0 heterocycles. The summed E-state index contributed by atoms with van der Waals surface area (Å²) in [5.74, 6) is 0.830. The maximum absolute atomic E-state index is 9.48. The second-order valence-corrected chi connectivity index (χ2v) is 10.7. The number of ether oxygens (including phenoxy) is 2. The SMILES string of the molecule is COc1ccc(N(c2ccccc2)c2ccc(COCc3ccc(N(c4ccccc4)c4ccc(CO)cc4)cc3)cc2)cc1. The Balaban J connectivity index is 1.12. The van der Waals surface area contributed by atoms with E-state index in [0.29, 0.717) is 13.2 Å². The number of rotatable bonds is 12. The number of hydrogen-bond donors (Lipinski definition) is 1. The van der Waals surface area contributed by atoms with E-state index in [1.54, 1.807) is 7.11 Å². The minimum absolute atomic E-state index is 0.0281. The third-order valence-corrected chi connectivity index (χ3v) is 7.66. The summed E-state index contributed by atoms with van der Waals surface area (Å²) in [4.78, 5) is 4.43. The highest BCUT2D eigenvalue weighted by Crippen LogP contribution is 2.36. The van der Waals surface area contributed by atoms with Crippen LogP contribution in [0, 0.1) is 0 Å². The molecular formula is C40H36N2O3. The smallest absolute Gasteiger partial charge is 0.119 e. The third-order valence-electron chi connectivity index (χ3n) is 7.66. The molecule has 0 fully saturated rings.